The van der Waals surface area contributed by atoms with Gasteiger partial charge in [-0.15, -0.1) is 0 Å². The smallest absolute Gasteiger partial charge is 0.266 e. The van der Waals surface area contributed by atoms with Gasteiger partial charge in [-0.05, 0) is 27.2 Å². The average molecular weight is 241 g/mol. The van der Waals surface area contributed by atoms with E-state index in [9.17, 15) is 4.79 Å². The zero-order valence-electron chi connectivity index (χ0n) is 10.3. The fourth-order valence-corrected chi connectivity index (χ4v) is 2.37. The second-order valence-corrected chi connectivity index (χ2v) is 5.09. The standard InChI is InChI=1S/C11H19N3OS/c1-5-6-14(7(2)3)10(15)9-8(4)13-11(12)16-9/h7H,5-6H2,1-4H3,(H2,12,13). The molecule has 0 bridgehead atoms. The van der Waals surface area contributed by atoms with E-state index in [0.717, 1.165) is 18.7 Å². The summed E-state index contributed by atoms with van der Waals surface area (Å²) in [5.74, 6) is 0.0450. The number of nitrogens with zero attached hydrogens (tertiary/aromatic N) is 2. The molecule has 0 aliphatic heterocycles. The molecule has 0 aliphatic rings. The van der Waals surface area contributed by atoms with Gasteiger partial charge < -0.3 is 10.6 Å². The number of nitrogen functional groups attached to an aromatic ring is 1. The van der Waals surface area contributed by atoms with Gasteiger partial charge in [0.05, 0.1) is 5.69 Å². The molecule has 2 N–H and O–H groups in total. The predicted molar refractivity (Wildman–Crippen MR) is 67.7 cm³/mol. The third kappa shape index (κ3) is 2.72. The number of hydrogen-bond acceptors (Lipinski definition) is 4. The number of carbonyl (C=O) groups is 1. The first-order chi connectivity index (χ1) is 7.47. The molecule has 1 amide bonds. The summed E-state index contributed by atoms with van der Waals surface area (Å²) in [4.78, 5) is 18.9. The monoisotopic (exact) mass is 241 g/mol. The molecule has 5 heteroatoms. The van der Waals surface area contributed by atoms with Gasteiger partial charge in [0, 0.05) is 12.6 Å². The fourth-order valence-electron chi connectivity index (χ4n) is 1.58. The minimum absolute atomic E-state index is 0.0450. The number of aryl methyl sites for hydroxylation is 1. The molecule has 1 rings (SSSR count). The van der Waals surface area contributed by atoms with Crippen molar-refractivity contribution >= 4 is 22.4 Å². The van der Waals surface area contributed by atoms with E-state index in [-0.39, 0.29) is 11.9 Å². The summed E-state index contributed by atoms with van der Waals surface area (Å²) < 4.78 is 0. The summed E-state index contributed by atoms with van der Waals surface area (Å²) in [6.45, 7) is 8.70. The van der Waals surface area contributed by atoms with E-state index in [0.29, 0.717) is 10.0 Å². The summed E-state index contributed by atoms with van der Waals surface area (Å²) in [5.41, 5.74) is 6.33. The Morgan fingerprint density at radius 1 is 1.56 bits per heavy atom. The number of aromatic nitrogens is 1. The minimum Gasteiger partial charge on any atom is -0.375 e. The lowest BCUT2D eigenvalue weighted by Crippen LogP contribution is -2.37. The summed E-state index contributed by atoms with van der Waals surface area (Å²) >= 11 is 1.27. The largest absolute Gasteiger partial charge is 0.375 e. The maximum absolute atomic E-state index is 12.3. The van der Waals surface area contributed by atoms with Gasteiger partial charge in [-0.25, -0.2) is 4.98 Å². The normalized spacial score (nSPS) is 10.8. The Morgan fingerprint density at radius 3 is 2.56 bits per heavy atom. The highest BCUT2D eigenvalue weighted by molar-refractivity contribution is 7.17. The molecule has 0 aromatic carbocycles. The highest BCUT2D eigenvalue weighted by Crippen LogP contribution is 2.22. The van der Waals surface area contributed by atoms with Crippen LogP contribution in [0.2, 0.25) is 0 Å². The van der Waals surface area contributed by atoms with Crippen molar-refractivity contribution in [2.45, 2.75) is 40.2 Å². The van der Waals surface area contributed by atoms with Crippen LogP contribution < -0.4 is 5.73 Å². The molecular formula is C11H19N3OS. The van der Waals surface area contributed by atoms with Gasteiger partial charge in [0.1, 0.15) is 4.88 Å². The average Bonchev–Trinajstić information content (AvgIpc) is 2.53. The Kier molecular flexibility index (Phi) is 4.29. The molecule has 0 fully saturated rings. The molecule has 1 aromatic rings. The second-order valence-electron chi connectivity index (χ2n) is 4.06. The Hall–Kier alpha value is -1.10. The SMILES string of the molecule is CCCN(C(=O)c1sc(N)nc1C)C(C)C. The van der Waals surface area contributed by atoms with E-state index in [1.165, 1.54) is 11.3 Å². The fraction of sp³-hybridized carbons (Fsp3) is 0.636. The molecule has 0 spiro atoms. The minimum atomic E-state index is 0.0450. The number of nitrogens with two attached hydrogens (primary N) is 1. The molecule has 90 valence electrons. The summed E-state index contributed by atoms with van der Waals surface area (Å²) in [6.07, 6.45) is 0.956. The first-order valence-electron chi connectivity index (χ1n) is 5.51. The molecule has 0 unspecified atom stereocenters. The molecule has 0 radical (unpaired) electrons. The van der Waals surface area contributed by atoms with E-state index in [2.05, 4.69) is 11.9 Å². The molecule has 0 saturated carbocycles. The maximum atomic E-state index is 12.3. The lowest BCUT2D eigenvalue weighted by atomic mass is 10.2. The van der Waals surface area contributed by atoms with Gasteiger partial charge in [-0.3, -0.25) is 4.79 Å². The molecule has 0 saturated heterocycles. The Morgan fingerprint density at radius 2 is 2.19 bits per heavy atom. The zero-order chi connectivity index (χ0) is 12.3. The van der Waals surface area contributed by atoms with Crippen LogP contribution in [0.1, 0.15) is 42.6 Å². The van der Waals surface area contributed by atoms with Gasteiger partial charge in [0.2, 0.25) is 0 Å². The van der Waals surface area contributed by atoms with E-state index >= 15 is 0 Å². The van der Waals surface area contributed by atoms with Crippen LogP contribution in [0.3, 0.4) is 0 Å². The molecule has 16 heavy (non-hydrogen) atoms. The third-order valence-corrected chi connectivity index (χ3v) is 3.33. The Balaban J connectivity index is 2.94. The summed E-state index contributed by atoms with van der Waals surface area (Å²) in [6, 6.07) is 0.204. The number of anilines is 1. The van der Waals surface area contributed by atoms with Crippen LogP contribution in [0.4, 0.5) is 5.13 Å². The highest BCUT2D eigenvalue weighted by Gasteiger charge is 2.22. The first kappa shape index (κ1) is 13.0. The van der Waals surface area contributed by atoms with Crippen LogP contribution in [0.25, 0.3) is 0 Å². The second kappa shape index (κ2) is 5.30. The molecule has 4 nitrogen and oxygen atoms in total. The Bertz CT molecular complexity index is 373. The quantitative estimate of drug-likeness (QED) is 0.880. The van der Waals surface area contributed by atoms with Crippen molar-refractivity contribution in [2.75, 3.05) is 12.3 Å². The van der Waals surface area contributed by atoms with Gasteiger partial charge in [-0.2, -0.15) is 0 Å². The van der Waals surface area contributed by atoms with E-state index < -0.39 is 0 Å². The molecule has 1 aromatic heterocycles. The molecule has 0 aliphatic carbocycles. The number of amides is 1. The summed E-state index contributed by atoms with van der Waals surface area (Å²) in [7, 11) is 0. The highest BCUT2D eigenvalue weighted by atomic mass is 32.1. The van der Waals surface area contributed by atoms with Crippen molar-refractivity contribution in [1.29, 1.82) is 0 Å². The lowest BCUT2D eigenvalue weighted by molar-refractivity contribution is 0.0710. The Labute approximate surface area is 100 Å². The van der Waals surface area contributed by atoms with Crippen LogP contribution in [0.15, 0.2) is 0 Å². The number of thiazole rings is 1. The van der Waals surface area contributed by atoms with Gasteiger partial charge in [0.25, 0.3) is 5.91 Å². The first-order valence-corrected chi connectivity index (χ1v) is 6.32. The summed E-state index contributed by atoms with van der Waals surface area (Å²) in [5, 5.41) is 0.459. The van der Waals surface area contributed by atoms with Crippen molar-refractivity contribution < 1.29 is 4.79 Å². The van der Waals surface area contributed by atoms with Crippen LogP contribution in [-0.2, 0) is 0 Å². The van der Waals surface area contributed by atoms with Crippen molar-refractivity contribution in [1.82, 2.24) is 9.88 Å². The zero-order valence-corrected chi connectivity index (χ0v) is 11.1. The van der Waals surface area contributed by atoms with E-state index in [4.69, 9.17) is 5.73 Å². The number of carbonyl (C=O) groups excluding carboxylic acids is 1. The van der Waals surface area contributed by atoms with E-state index in [1.807, 2.05) is 25.7 Å². The van der Waals surface area contributed by atoms with Gasteiger partial charge >= 0.3 is 0 Å². The van der Waals surface area contributed by atoms with Gasteiger partial charge in [-0.1, -0.05) is 18.3 Å². The van der Waals surface area contributed by atoms with Crippen molar-refractivity contribution in [3.05, 3.63) is 10.6 Å². The third-order valence-electron chi connectivity index (χ3n) is 2.36. The maximum Gasteiger partial charge on any atom is 0.266 e. The van der Waals surface area contributed by atoms with Crippen LogP contribution in [0.5, 0.6) is 0 Å². The lowest BCUT2D eigenvalue weighted by Gasteiger charge is -2.25. The molecule has 0 atom stereocenters. The number of rotatable bonds is 4. The molecular weight excluding hydrogens is 222 g/mol. The van der Waals surface area contributed by atoms with Crippen LogP contribution in [0, 0.1) is 6.92 Å². The van der Waals surface area contributed by atoms with Crippen molar-refractivity contribution in [3.63, 3.8) is 0 Å². The van der Waals surface area contributed by atoms with Crippen LogP contribution in [-0.4, -0.2) is 28.4 Å². The van der Waals surface area contributed by atoms with E-state index in [1.54, 1.807) is 0 Å². The number of hydrogen-bond donors (Lipinski definition) is 1. The van der Waals surface area contributed by atoms with Crippen molar-refractivity contribution in [2.24, 2.45) is 0 Å². The topological polar surface area (TPSA) is 59.2 Å². The van der Waals surface area contributed by atoms with Crippen LogP contribution >= 0.6 is 11.3 Å². The van der Waals surface area contributed by atoms with Gasteiger partial charge in [0.15, 0.2) is 5.13 Å². The van der Waals surface area contributed by atoms with Crippen molar-refractivity contribution in [3.8, 4) is 0 Å². The predicted octanol–water partition coefficient (Wildman–Crippen LogP) is 2.29. The molecule has 1 heterocycles.